The number of nitrogens with two attached hydrogens (primary N) is 1. The number of carbonyl (C=O) groups is 1. The molecule has 1 fully saturated rings. The summed E-state index contributed by atoms with van der Waals surface area (Å²) >= 11 is 0. The quantitative estimate of drug-likeness (QED) is 0.805. The van der Waals surface area contributed by atoms with Gasteiger partial charge in [0, 0.05) is 13.6 Å². The van der Waals surface area contributed by atoms with Gasteiger partial charge in [-0.2, -0.15) is 5.10 Å². The molecule has 0 aromatic carbocycles. The number of nitrogen functional groups attached to an aromatic ring is 1. The molecule has 102 valence electrons. The van der Waals surface area contributed by atoms with Crippen molar-refractivity contribution in [1.82, 2.24) is 14.7 Å². The van der Waals surface area contributed by atoms with Gasteiger partial charge in [-0.1, -0.05) is 12.8 Å². The van der Waals surface area contributed by atoms with Crippen LogP contribution in [0.1, 0.15) is 35.9 Å². The van der Waals surface area contributed by atoms with Crippen molar-refractivity contribution in [3.8, 4) is 12.3 Å². The maximum atomic E-state index is 12.6. The van der Waals surface area contributed by atoms with E-state index in [4.69, 9.17) is 12.2 Å². The summed E-state index contributed by atoms with van der Waals surface area (Å²) in [6, 6.07) is 0. The molecule has 1 aromatic rings. The van der Waals surface area contributed by atoms with Gasteiger partial charge in [0.2, 0.25) is 0 Å². The first-order valence-corrected chi connectivity index (χ1v) is 6.62. The minimum Gasteiger partial charge on any atom is -0.395 e. The number of anilines is 1. The van der Waals surface area contributed by atoms with Gasteiger partial charge in [0.25, 0.3) is 5.91 Å². The van der Waals surface area contributed by atoms with E-state index in [9.17, 15) is 4.79 Å². The second-order valence-corrected chi connectivity index (χ2v) is 5.02. The van der Waals surface area contributed by atoms with E-state index < -0.39 is 0 Å². The van der Waals surface area contributed by atoms with Crippen molar-refractivity contribution < 1.29 is 4.79 Å². The maximum absolute atomic E-state index is 12.6. The van der Waals surface area contributed by atoms with Crippen molar-refractivity contribution in [2.24, 2.45) is 13.0 Å². The molecule has 5 nitrogen and oxygen atoms in total. The van der Waals surface area contributed by atoms with Gasteiger partial charge >= 0.3 is 0 Å². The standard InChI is InChI=1S/C14H20N4O/c1-4-8-18(9-10-6-7-10)14(19)13-12(15)11(5-2)16-17(13)3/h1,10H,5-9,15H2,2-3H3. The Morgan fingerprint density at radius 1 is 1.63 bits per heavy atom. The highest BCUT2D eigenvalue weighted by Gasteiger charge is 2.29. The molecule has 1 saturated carbocycles. The highest BCUT2D eigenvalue weighted by molar-refractivity contribution is 5.98. The molecule has 0 radical (unpaired) electrons. The lowest BCUT2D eigenvalue weighted by atomic mass is 10.2. The molecular weight excluding hydrogens is 240 g/mol. The Hall–Kier alpha value is -1.96. The van der Waals surface area contributed by atoms with Gasteiger partial charge in [0.15, 0.2) is 0 Å². The van der Waals surface area contributed by atoms with Crippen LogP contribution < -0.4 is 5.73 Å². The van der Waals surface area contributed by atoms with Gasteiger partial charge in [-0.3, -0.25) is 9.48 Å². The third-order valence-electron chi connectivity index (χ3n) is 3.44. The molecule has 0 aliphatic heterocycles. The summed E-state index contributed by atoms with van der Waals surface area (Å²) in [5, 5.41) is 4.28. The largest absolute Gasteiger partial charge is 0.395 e. The summed E-state index contributed by atoms with van der Waals surface area (Å²) in [5.74, 6) is 3.03. The van der Waals surface area contributed by atoms with Crippen molar-refractivity contribution in [2.75, 3.05) is 18.8 Å². The molecule has 0 bridgehead atoms. The predicted molar refractivity (Wildman–Crippen MR) is 74.5 cm³/mol. The van der Waals surface area contributed by atoms with E-state index in [1.54, 1.807) is 16.6 Å². The van der Waals surface area contributed by atoms with E-state index in [1.165, 1.54) is 12.8 Å². The molecule has 1 aliphatic rings. The zero-order valence-electron chi connectivity index (χ0n) is 11.5. The number of rotatable bonds is 5. The van der Waals surface area contributed by atoms with Crippen molar-refractivity contribution in [2.45, 2.75) is 26.2 Å². The molecular formula is C14H20N4O. The van der Waals surface area contributed by atoms with Crippen molar-refractivity contribution in [1.29, 1.82) is 0 Å². The third-order valence-corrected chi connectivity index (χ3v) is 3.44. The van der Waals surface area contributed by atoms with Crippen LogP contribution in [0, 0.1) is 18.3 Å². The zero-order chi connectivity index (χ0) is 14.0. The maximum Gasteiger partial charge on any atom is 0.275 e. The Bertz CT molecular complexity index is 522. The summed E-state index contributed by atoms with van der Waals surface area (Å²) in [6.07, 6.45) is 8.42. The van der Waals surface area contributed by atoms with Crippen LogP contribution in [0.4, 0.5) is 5.69 Å². The van der Waals surface area contributed by atoms with Crippen LogP contribution >= 0.6 is 0 Å². The molecule has 1 aromatic heterocycles. The van der Waals surface area contributed by atoms with Crippen LogP contribution in [-0.4, -0.2) is 33.7 Å². The van der Waals surface area contributed by atoms with E-state index in [2.05, 4.69) is 11.0 Å². The van der Waals surface area contributed by atoms with Crippen LogP contribution in [0.3, 0.4) is 0 Å². The van der Waals surface area contributed by atoms with Crippen LogP contribution in [0.5, 0.6) is 0 Å². The Labute approximate surface area is 113 Å². The fraction of sp³-hybridized carbons (Fsp3) is 0.571. The average molecular weight is 260 g/mol. The van der Waals surface area contributed by atoms with Crippen molar-refractivity contribution >= 4 is 11.6 Å². The molecule has 1 aliphatic carbocycles. The number of hydrogen-bond donors (Lipinski definition) is 1. The summed E-state index contributed by atoms with van der Waals surface area (Å²) in [6.45, 7) is 3.01. The first-order valence-electron chi connectivity index (χ1n) is 6.62. The van der Waals surface area contributed by atoms with Gasteiger partial charge in [-0.05, 0) is 25.2 Å². The van der Waals surface area contributed by atoms with E-state index in [0.717, 1.165) is 12.2 Å². The number of hydrogen-bond acceptors (Lipinski definition) is 3. The van der Waals surface area contributed by atoms with Crippen LogP contribution in [0.25, 0.3) is 0 Å². The second-order valence-electron chi connectivity index (χ2n) is 5.02. The Balaban J connectivity index is 2.25. The summed E-state index contributed by atoms with van der Waals surface area (Å²) in [7, 11) is 1.74. The molecule has 5 heteroatoms. The SMILES string of the molecule is C#CCN(CC1CC1)C(=O)c1c(N)c(CC)nn1C. The molecule has 0 spiro atoms. The fourth-order valence-corrected chi connectivity index (χ4v) is 2.20. The van der Waals surface area contributed by atoms with Gasteiger partial charge in [0.05, 0.1) is 17.9 Å². The van der Waals surface area contributed by atoms with Crippen molar-refractivity contribution in [3.05, 3.63) is 11.4 Å². The van der Waals surface area contributed by atoms with Crippen LogP contribution in [-0.2, 0) is 13.5 Å². The smallest absolute Gasteiger partial charge is 0.275 e. The molecule has 2 rings (SSSR count). The number of aromatic nitrogens is 2. The van der Waals surface area contributed by atoms with E-state index >= 15 is 0 Å². The second kappa shape index (κ2) is 5.35. The minimum absolute atomic E-state index is 0.114. The molecule has 1 amide bonds. The molecule has 1 heterocycles. The van der Waals surface area contributed by atoms with Gasteiger partial charge in [-0.15, -0.1) is 6.42 Å². The molecule has 0 atom stereocenters. The minimum atomic E-state index is -0.114. The first kappa shape index (κ1) is 13.5. The zero-order valence-corrected chi connectivity index (χ0v) is 11.5. The summed E-state index contributed by atoms with van der Waals surface area (Å²) in [5.41, 5.74) is 7.71. The van der Waals surface area contributed by atoms with Crippen LogP contribution in [0.15, 0.2) is 0 Å². The lowest BCUT2D eigenvalue weighted by molar-refractivity contribution is 0.0760. The number of aryl methyl sites for hydroxylation is 2. The highest BCUT2D eigenvalue weighted by atomic mass is 16.2. The summed E-state index contributed by atoms with van der Waals surface area (Å²) < 4.78 is 1.56. The lowest BCUT2D eigenvalue weighted by Crippen LogP contribution is -2.35. The topological polar surface area (TPSA) is 64.2 Å². The fourth-order valence-electron chi connectivity index (χ4n) is 2.20. The highest BCUT2D eigenvalue weighted by Crippen LogP contribution is 2.30. The molecule has 2 N–H and O–H groups in total. The first-order chi connectivity index (χ1) is 9.08. The third kappa shape index (κ3) is 2.73. The Morgan fingerprint density at radius 3 is 2.79 bits per heavy atom. The Kier molecular flexibility index (Phi) is 3.79. The number of carbonyl (C=O) groups excluding carboxylic acids is 1. The van der Waals surface area contributed by atoms with Crippen LogP contribution in [0.2, 0.25) is 0 Å². The number of terminal acetylenes is 1. The van der Waals surface area contributed by atoms with Gasteiger partial charge in [0.1, 0.15) is 5.69 Å². The normalized spacial score (nSPS) is 14.2. The van der Waals surface area contributed by atoms with Crippen molar-refractivity contribution in [3.63, 3.8) is 0 Å². The van der Waals surface area contributed by atoms with E-state index in [1.807, 2.05) is 6.92 Å². The monoisotopic (exact) mass is 260 g/mol. The van der Waals surface area contributed by atoms with E-state index in [-0.39, 0.29) is 5.91 Å². The molecule has 19 heavy (non-hydrogen) atoms. The number of nitrogens with zero attached hydrogens (tertiary/aromatic N) is 3. The molecule has 0 unspecified atom stereocenters. The van der Waals surface area contributed by atoms with Gasteiger partial charge < -0.3 is 10.6 Å². The molecule has 0 saturated heterocycles. The van der Waals surface area contributed by atoms with Gasteiger partial charge in [-0.25, -0.2) is 0 Å². The average Bonchev–Trinajstić information content (AvgIpc) is 3.14. The number of amides is 1. The lowest BCUT2D eigenvalue weighted by Gasteiger charge is -2.20. The van der Waals surface area contributed by atoms with E-state index in [0.29, 0.717) is 30.3 Å². The Morgan fingerprint density at radius 2 is 2.32 bits per heavy atom. The summed E-state index contributed by atoms with van der Waals surface area (Å²) in [4.78, 5) is 14.3. The predicted octanol–water partition coefficient (Wildman–Crippen LogP) is 1.05.